The number of aromatic amines is 1. The van der Waals surface area contributed by atoms with E-state index in [2.05, 4.69) is 21.1 Å². The Morgan fingerprint density at radius 2 is 2.60 bits per heavy atom. The van der Waals surface area contributed by atoms with Crippen molar-refractivity contribution in [3.05, 3.63) is 12.2 Å². The molecule has 5 heteroatoms. The Balaban J connectivity index is 2.75. The van der Waals surface area contributed by atoms with E-state index in [0.29, 0.717) is 0 Å². The average Bonchev–Trinajstić information content (AvgIpc) is 2.34. The van der Waals surface area contributed by atoms with Crippen molar-refractivity contribution in [2.45, 2.75) is 0 Å². The van der Waals surface area contributed by atoms with Crippen LogP contribution >= 0.6 is 0 Å². The van der Waals surface area contributed by atoms with Crippen LogP contribution < -0.4 is 0 Å². The summed E-state index contributed by atoms with van der Waals surface area (Å²) >= 11 is 0. The molecule has 0 saturated heterocycles. The van der Waals surface area contributed by atoms with E-state index in [9.17, 15) is 4.79 Å². The van der Waals surface area contributed by atoms with E-state index in [-0.39, 0.29) is 5.82 Å². The highest BCUT2D eigenvalue weighted by Gasteiger charge is 1.87. The number of H-pyrrole nitrogens is 1. The van der Waals surface area contributed by atoms with E-state index >= 15 is 0 Å². The normalized spacial score (nSPS) is 8.00. The summed E-state index contributed by atoms with van der Waals surface area (Å²) in [5.74, 6) is 3.19. The number of rotatable bonds is 0. The smallest absolute Gasteiger partial charge is 0.382 e. The summed E-state index contributed by atoms with van der Waals surface area (Å²) in [4.78, 5) is 13.4. The Labute approximate surface area is 56.1 Å². The van der Waals surface area contributed by atoms with Crippen molar-refractivity contribution in [1.82, 2.24) is 15.2 Å². The lowest BCUT2D eigenvalue weighted by molar-refractivity contribution is -0.130. The van der Waals surface area contributed by atoms with Crippen LogP contribution in [0.4, 0.5) is 0 Å². The molecule has 0 bridgehead atoms. The van der Waals surface area contributed by atoms with Crippen molar-refractivity contribution < 1.29 is 9.90 Å². The predicted octanol–water partition coefficient (Wildman–Crippen LogP) is -0.759. The van der Waals surface area contributed by atoms with Gasteiger partial charge in [0.25, 0.3) is 0 Å². The Morgan fingerprint density at radius 3 is 3.10 bits per heavy atom. The zero-order valence-corrected chi connectivity index (χ0v) is 4.83. The monoisotopic (exact) mass is 137 g/mol. The molecular formula is C5H3N3O2. The highest BCUT2D eigenvalue weighted by molar-refractivity contribution is 5.86. The van der Waals surface area contributed by atoms with Gasteiger partial charge in [0, 0.05) is 5.92 Å². The standard InChI is InChI=1S/C5H3N3O2/c9-5(10)2-1-4-6-3-7-8-4/h3H,(H,9,10)(H,6,7,8). The minimum Gasteiger partial charge on any atom is -0.472 e. The molecule has 0 atom stereocenters. The lowest BCUT2D eigenvalue weighted by Crippen LogP contribution is -1.87. The van der Waals surface area contributed by atoms with Gasteiger partial charge >= 0.3 is 5.97 Å². The van der Waals surface area contributed by atoms with Gasteiger partial charge in [-0.15, -0.1) is 0 Å². The second-order valence-corrected chi connectivity index (χ2v) is 1.39. The molecule has 0 radical (unpaired) electrons. The molecule has 0 aliphatic heterocycles. The van der Waals surface area contributed by atoms with Gasteiger partial charge in [-0.2, -0.15) is 5.10 Å². The van der Waals surface area contributed by atoms with Gasteiger partial charge in [-0.1, -0.05) is 0 Å². The summed E-state index contributed by atoms with van der Waals surface area (Å²) < 4.78 is 0. The molecule has 50 valence electrons. The van der Waals surface area contributed by atoms with Crippen LogP contribution in [0.5, 0.6) is 0 Å². The molecule has 1 aromatic heterocycles. The quantitative estimate of drug-likeness (QED) is 0.461. The van der Waals surface area contributed by atoms with E-state index in [1.54, 1.807) is 0 Å². The molecule has 0 aromatic carbocycles. The van der Waals surface area contributed by atoms with Crippen LogP contribution in [-0.2, 0) is 4.79 Å². The van der Waals surface area contributed by atoms with Crippen LogP contribution in [0.15, 0.2) is 6.33 Å². The number of carboxylic acid groups (broad SMARTS) is 1. The first-order valence-electron chi connectivity index (χ1n) is 2.39. The van der Waals surface area contributed by atoms with Crippen LogP contribution in [-0.4, -0.2) is 26.3 Å². The highest BCUT2D eigenvalue weighted by atomic mass is 16.4. The zero-order chi connectivity index (χ0) is 7.40. The molecule has 0 spiro atoms. The molecule has 1 aromatic rings. The topological polar surface area (TPSA) is 78.9 Å². The third-order valence-electron chi connectivity index (χ3n) is 0.703. The molecule has 0 saturated carbocycles. The van der Waals surface area contributed by atoms with Gasteiger partial charge in [0.1, 0.15) is 6.33 Å². The van der Waals surface area contributed by atoms with Crippen LogP contribution in [0.2, 0.25) is 0 Å². The first-order chi connectivity index (χ1) is 4.79. The van der Waals surface area contributed by atoms with Crippen molar-refractivity contribution in [3.8, 4) is 11.8 Å². The maximum atomic E-state index is 9.86. The molecule has 0 aliphatic carbocycles. The average molecular weight is 137 g/mol. The molecule has 0 aliphatic rings. The minimum atomic E-state index is -1.18. The molecule has 1 rings (SSSR count). The number of carboxylic acids is 1. The number of aromatic nitrogens is 3. The molecular weight excluding hydrogens is 134 g/mol. The summed E-state index contributed by atoms with van der Waals surface area (Å²) in [6.07, 6.45) is 1.26. The third-order valence-corrected chi connectivity index (χ3v) is 0.703. The number of hydrogen-bond acceptors (Lipinski definition) is 3. The number of nitrogens with zero attached hydrogens (tertiary/aromatic N) is 2. The van der Waals surface area contributed by atoms with Gasteiger partial charge in [0.2, 0.25) is 5.82 Å². The van der Waals surface area contributed by atoms with Crippen LogP contribution in [0.25, 0.3) is 0 Å². The summed E-state index contributed by atoms with van der Waals surface area (Å²) in [7, 11) is 0. The first kappa shape index (κ1) is 6.29. The number of nitrogens with one attached hydrogen (secondary N) is 1. The predicted molar refractivity (Wildman–Crippen MR) is 30.9 cm³/mol. The fourth-order valence-electron chi connectivity index (χ4n) is 0.378. The summed E-state index contributed by atoms with van der Waals surface area (Å²) in [5, 5.41) is 13.9. The fraction of sp³-hybridized carbons (Fsp3) is 0. The number of aliphatic carboxylic acids is 1. The lowest BCUT2D eigenvalue weighted by atomic mass is 10.5. The minimum absolute atomic E-state index is 0.252. The lowest BCUT2D eigenvalue weighted by Gasteiger charge is -1.72. The zero-order valence-electron chi connectivity index (χ0n) is 4.83. The summed E-state index contributed by atoms with van der Waals surface area (Å²) in [6.45, 7) is 0. The molecule has 1 heterocycles. The molecule has 5 nitrogen and oxygen atoms in total. The van der Waals surface area contributed by atoms with Crippen molar-refractivity contribution in [2.75, 3.05) is 0 Å². The molecule has 2 N–H and O–H groups in total. The van der Waals surface area contributed by atoms with E-state index < -0.39 is 5.97 Å². The van der Waals surface area contributed by atoms with Crippen LogP contribution in [0, 0.1) is 11.8 Å². The highest BCUT2D eigenvalue weighted by Crippen LogP contribution is 1.77. The number of hydrogen-bond donors (Lipinski definition) is 2. The molecule has 0 amide bonds. The largest absolute Gasteiger partial charge is 0.472 e. The summed E-state index contributed by atoms with van der Waals surface area (Å²) in [6, 6.07) is 0. The summed E-state index contributed by atoms with van der Waals surface area (Å²) in [5.41, 5.74) is 0. The van der Waals surface area contributed by atoms with Crippen LogP contribution in [0.1, 0.15) is 5.82 Å². The number of carbonyl (C=O) groups is 1. The molecule has 10 heavy (non-hydrogen) atoms. The first-order valence-corrected chi connectivity index (χ1v) is 2.39. The Morgan fingerprint density at radius 1 is 1.80 bits per heavy atom. The van der Waals surface area contributed by atoms with Crippen molar-refractivity contribution >= 4 is 5.97 Å². The Hall–Kier alpha value is -1.83. The van der Waals surface area contributed by atoms with Crippen molar-refractivity contribution in [3.63, 3.8) is 0 Å². The fourth-order valence-corrected chi connectivity index (χ4v) is 0.378. The van der Waals surface area contributed by atoms with Gasteiger partial charge < -0.3 is 5.11 Å². The molecule has 0 unspecified atom stereocenters. The van der Waals surface area contributed by atoms with Crippen molar-refractivity contribution in [1.29, 1.82) is 0 Å². The van der Waals surface area contributed by atoms with E-state index in [0.717, 1.165) is 0 Å². The third kappa shape index (κ3) is 1.59. The van der Waals surface area contributed by atoms with Crippen molar-refractivity contribution in [2.24, 2.45) is 0 Å². The van der Waals surface area contributed by atoms with Crippen LogP contribution in [0.3, 0.4) is 0 Å². The van der Waals surface area contributed by atoms with Gasteiger partial charge in [-0.3, -0.25) is 5.10 Å². The second kappa shape index (κ2) is 2.64. The Bertz CT molecular complexity index is 280. The maximum Gasteiger partial charge on any atom is 0.382 e. The Kier molecular flexibility index (Phi) is 1.66. The SMILES string of the molecule is O=C(O)C#Cc1ncn[nH]1. The van der Waals surface area contributed by atoms with E-state index in [4.69, 9.17) is 5.11 Å². The van der Waals surface area contributed by atoms with Gasteiger partial charge in [-0.25, -0.2) is 9.78 Å². The maximum absolute atomic E-state index is 9.86. The van der Waals surface area contributed by atoms with Gasteiger partial charge in [-0.05, 0) is 5.92 Å². The van der Waals surface area contributed by atoms with E-state index in [1.165, 1.54) is 6.33 Å². The van der Waals surface area contributed by atoms with Gasteiger partial charge in [0.05, 0.1) is 0 Å². The van der Waals surface area contributed by atoms with E-state index in [1.807, 2.05) is 5.92 Å². The second-order valence-electron chi connectivity index (χ2n) is 1.39. The van der Waals surface area contributed by atoms with Gasteiger partial charge in [0.15, 0.2) is 0 Å². The molecule has 0 fully saturated rings.